The third kappa shape index (κ3) is 3.19. The molecule has 0 atom stereocenters. The second-order valence-electron chi connectivity index (χ2n) is 7.45. The van der Waals surface area contributed by atoms with Gasteiger partial charge >= 0.3 is 6.03 Å². The number of urea groups is 1. The summed E-state index contributed by atoms with van der Waals surface area (Å²) >= 11 is 0. The van der Waals surface area contributed by atoms with E-state index in [1.807, 2.05) is 30.3 Å². The van der Waals surface area contributed by atoms with E-state index in [2.05, 4.69) is 5.32 Å². The van der Waals surface area contributed by atoms with Crippen LogP contribution in [0.5, 0.6) is 0 Å². The molecule has 1 spiro atoms. The second-order valence-corrected chi connectivity index (χ2v) is 7.45. The van der Waals surface area contributed by atoms with Crippen molar-refractivity contribution in [3.63, 3.8) is 0 Å². The van der Waals surface area contributed by atoms with Crippen LogP contribution >= 0.6 is 0 Å². The van der Waals surface area contributed by atoms with Crippen LogP contribution in [0.2, 0.25) is 0 Å². The maximum absolute atomic E-state index is 14.6. The lowest BCUT2D eigenvalue weighted by molar-refractivity contribution is -0.132. The van der Waals surface area contributed by atoms with Crippen molar-refractivity contribution in [2.45, 2.75) is 37.6 Å². The van der Waals surface area contributed by atoms with Gasteiger partial charge in [0, 0.05) is 0 Å². The number of imide groups is 1. The minimum atomic E-state index is -0.884. The largest absolute Gasteiger partial charge is 0.325 e. The standard InChI is InChI=1S/C22H21FN2O3/c23-18-13-16(15-7-3-1-4-8-15)9-10-17(18)19(26)14-25-20(27)22(24-21(25)28)11-5-2-6-12-22/h1,3-4,7-10,13H,2,5-6,11-12,14H2,(H,24,28). The van der Waals surface area contributed by atoms with Gasteiger partial charge in [-0.2, -0.15) is 0 Å². The fourth-order valence-corrected chi connectivity index (χ4v) is 4.09. The van der Waals surface area contributed by atoms with Gasteiger partial charge in [0.05, 0.1) is 12.1 Å². The Labute approximate surface area is 162 Å². The number of hydrogen-bond acceptors (Lipinski definition) is 3. The zero-order chi connectivity index (χ0) is 19.7. The van der Waals surface area contributed by atoms with E-state index in [0.717, 1.165) is 29.7 Å². The van der Waals surface area contributed by atoms with Crippen LogP contribution in [0.3, 0.4) is 0 Å². The Hall–Kier alpha value is -3.02. The van der Waals surface area contributed by atoms with Crippen molar-refractivity contribution in [1.29, 1.82) is 0 Å². The predicted octanol–water partition coefficient (Wildman–Crippen LogP) is 3.93. The number of ketones is 1. The summed E-state index contributed by atoms with van der Waals surface area (Å²) in [5.74, 6) is -1.62. The zero-order valence-electron chi connectivity index (χ0n) is 15.4. The van der Waals surface area contributed by atoms with Crippen molar-refractivity contribution in [2.75, 3.05) is 6.54 Å². The van der Waals surface area contributed by atoms with Crippen LogP contribution in [0.25, 0.3) is 11.1 Å². The molecular weight excluding hydrogens is 359 g/mol. The third-order valence-electron chi connectivity index (χ3n) is 5.63. The summed E-state index contributed by atoms with van der Waals surface area (Å²) in [7, 11) is 0. The number of nitrogens with one attached hydrogen (secondary N) is 1. The number of rotatable bonds is 4. The van der Waals surface area contributed by atoms with Gasteiger partial charge in [0.1, 0.15) is 11.4 Å². The van der Waals surface area contributed by atoms with Crippen molar-refractivity contribution in [3.05, 3.63) is 59.9 Å². The van der Waals surface area contributed by atoms with Gasteiger partial charge < -0.3 is 5.32 Å². The molecule has 28 heavy (non-hydrogen) atoms. The molecule has 1 aliphatic heterocycles. The minimum Gasteiger partial charge on any atom is -0.323 e. The van der Waals surface area contributed by atoms with Crippen molar-refractivity contribution < 1.29 is 18.8 Å². The fraction of sp³-hybridized carbons (Fsp3) is 0.318. The number of amides is 3. The zero-order valence-corrected chi connectivity index (χ0v) is 15.4. The molecule has 5 nitrogen and oxygen atoms in total. The Morgan fingerprint density at radius 2 is 1.71 bits per heavy atom. The first-order valence-electron chi connectivity index (χ1n) is 9.52. The van der Waals surface area contributed by atoms with Crippen LogP contribution in [0.4, 0.5) is 9.18 Å². The van der Waals surface area contributed by atoms with Gasteiger partial charge in [0.2, 0.25) is 0 Å². The quantitative estimate of drug-likeness (QED) is 0.646. The molecule has 0 radical (unpaired) electrons. The average molecular weight is 380 g/mol. The highest BCUT2D eigenvalue weighted by molar-refractivity contribution is 6.11. The maximum atomic E-state index is 14.6. The van der Waals surface area contributed by atoms with E-state index in [4.69, 9.17) is 0 Å². The molecule has 2 fully saturated rings. The molecule has 0 aromatic heterocycles. The highest BCUT2D eigenvalue weighted by Gasteiger charge is 2.51. The molecule has 4 rings (SSSR count). The minimum absolute atomic E-state index is 0.120. The normalized spacial score (nSPS) is 18.4. The molecule has 144 valence electrons. The molecule has 1 saturated heterocycles. The summed E-state index contributed by atoms with van der Waals surface area (Å²) < 4.78 is 14.6. The molecule has 1 heterocycles. The first kappa shape index (κ1) is 18.3. The van der Waals surface area contributed by atoms with Gasteiger partial charge in [-0.15, -0.1) is 0 Å². The Morgan fingerprint density at radius 3 is 2.39 bits per heavy atom. The summed E-state index contributed by atoms with van der Waals surface area (Å²) in [4.78, 5) is 38.6. The molecule has 0 unspecified atom stereocenters. The Morgan fingerprint density at radius 1 is 1.00 bits per heavy atom. The van der Waals surface area contributed by atoms with Gasteiger partial charge in [-0.05, 0) is 36.1 Å². The van der Waals surface area contributed by atoms with E-state index < -0.39 is 29.7 Å². The fourth-order valence-electron chi connectivity index (χ4n) is 4.09. The van der Waals surface area contributed by atoms with Gasteiger partial charge in [0.15, 0.2) is 5.78 Å². The maximum Gasteiger partial charge on any atom is 0.325 e. The summed E-state index contributed by atoms with van der Waals surface area (Å²) in [5, 5.41) is 2.76. The van der Waals surface area contributed by atoms with Gasteiger partial charge in [-0.25, -0.2) is 9.18 Å². The van der Waals surface area contributed by atoms with E-state index in [0.29, 0.717) is 18.4 Å². The van der Waals surface area contributed by atoms with Crippen LogP contribution < -0.4 is 5.32 Å². The van der Waals surface area contributed by atoms with Crippen LogP contribution in [-0.2, 0) is 4.79 Å². The number of carbonyl (C=O) groups excluding carboxylic acids is 3. The summed E-state index contributed by atoms with van der Waals surface area (Å²) in [6.07, 6.45) is 3.93. The van der Waals surface area contributed by atoms with Gasteiger partial charge in [-0.1, -0.05) is 55.7 Å². The molecule has 2 aliphatic rings. The lowest BCUT2D eigenvalue weighted by atomic mass is 9.82. The van der Waals surface area contributed by atoms with Crippen LogP contribution in [0, 0.1) is 5.82 Å². The van der Waals surface area contributed by atoms with E-state index in [1.165, 1.54) is 12.1 Å². The summed E-state index contributed by atoms with van der Waals surface area (Å²) in [6.45, 7) is -0.450. The number of carbonyl (C=O) groups is 3. The number of Topliss-reactive ketones (excluding diaryl/α,β-unsaturated/α-hetero) is 1. The monoisotopic (exact) mass is 380 g/mol. The van der Waals surface area contributed by atoms with Gasteiger partial charge in [-0.3, -0.25) is 14.5 Å². The summed E-state index contributed by atoms with van der Waals surface area (Å²) in [6, 6.07) is 13.1. The first-order chi connectivity index (χ1) is 13.5. The van der Waals surface area contributed by atoms with E-state index >= 15 is 0 Å². The van der Waals surface area contributed by atoms with E-state index in [9.17, 15) is 18.8 Å². The van der Waals surface area contributed by atoms with Crippen molar-refractivity contribution >= 4 is 17.7 Å². The number of hydrogen-bond donors (Lipinski definition) is 1. The Balaban J connectivity index is 1.52. The smallest absolute Gasteiger partial charge is 0.323 e. The van der Waals surface area contributed by atoms with E-state index in [-0.39, 0.29) is 11.5 Å². The molecule has 0 bridgehead atoms. The van der Waals surface area contributed by atoms with Gasteiger partial charge in [0.25, 0.3) is 5.91 Å². The first-order valence-corrected chi connectivity index (χ1v) is 9.52. The molecule has 2 aromatic carbocycles. The molecule has 3 amide bonds. The third-order valence-corrected chi connectivity index (χ3v) is 5.63. The SMILES string of the molecule is O=C(CN1C(=O)NC2(CCCCC2)C1=O)c1ccc(-c2ccccc2)cc1F. The molecule has 1 saturated carbocycles. The molecular formula is C22H21FN2O3. The number of nitrogens with zero attached hydrogens (tertiary/aromatic N) is 1. The molecule has 2 aromatic rings. The number of halogens is 1. The van der Waals surface area contributed by atoms with Crippen molar-refractivity contribution in [3.8, 4) is 11.1 Å². The Bertz CT molecular complexity index is 936. The van der Waals surface area contributed by atoms with Crippen LogP contribution in [0.15, 0.2) is 48.5 Å². The average Bonchev–Trinajstić information content (AvgIpc) is 2.93. The highest BCUT2D eigenvalue weighted by Crippen LogP contribution is 2.33. The molecule has 6 heteroatoms. The molecule has 1 aliphatic carbocycles. The predicted molar refractivity (Wildman–Crippen MR) is 102 cm³/mol. The topological polar surface area (TPSA) is 66.5 Å². The Kier molecular flexibility index (Phi) is 4.71. The number of benzene rings is 2. The van der Waals surface area contributed by atoms with E-state index in [1.54, 1.807) is 6.07 Å². The highest BCUT2D eigenvalue weighted by atomic mass is 19.1. The van der Waals surface area contributed by atoms with Crippen molar-refractivity contribution in [2.24, 2.45) is 0 Å². The summed E-state index contributed by atoms with van der Waals surface area (Å²) in [5.41, 5.74) is 0.495. The van der Waals surface area contributed by atoms with Crippen LogP contribution in [-0.4, -0.2) is 34.7 Å². The lowest BCUT2D eigenvalue weighted by Crippen LogP contribution is -2.48. The lowest BCUT2D eigenvalue weighted by Gasteiger charge is -2.30. The van der Waals surface area contributed by atoms with Crippen LogP contribution in [0.1, 0.15) is 42.5 Å². The molecule has 1 N–H and O–H groups in total. The second kappa shape index (κ2) is 7.19. The van der Waals surface area contributed by atoms with Crippen molar-refractivity contribution in [1.82, 2.24) is 10.2 Å².